The number of aromatic hydroxyl groups is 1. The highest BCUT2D eigenvalue weighted by Gasteiger charge is 2.31. The van der Waals surface area contributed by atoms with Crippen molar-refractivity contribution in [3.63, 3.8) is 0 Å². The normalized spacial score (nSPS) is 11.8. The Morgan fingerprint density at radius 1 is 0.854 bits per heavy atom. The van der Waals surface area contributed by atoms with Crippen LogP contribution in [0.15, 0.2) is 139 Å². The molecule has 0 unspecified atom stereocenters. The lowest BCUT2D eigenvalue weighted by molar-refractivity contribution is 0.252. The lowest BCUT2D eigenvalue weighted by Gasteiger charge is -2.25. The number of pyridine rings is 1. The molecule has 0 aliphatic carbocycles. The molecule has 0 saturated heterocycles. The first-order valence-corrected chi connectivity index (χ1v) is 16.9. The van der Waals surface area contributed by atoms with E-state index in [9.17, 15) is 17.9 Å². The maximum atomic E-state index is 14.1. The third kappa shape index (κ3) is 5.72. The Labute approximate surface area is 282 Å². The summed E-state index contributed by atoms with van der Waals surface area (Å²) in [6, 6.07) is 34.8. The maximum absolute atomic E-state index is 14.1. The van der Waals surface area contributed by atoms with Gasteiger partial charge in [0.1, 0.15) is 17.4 Å². The van der Waals surface area contributed by atoms with Crippen LogP contribution in [0.3, 0.4) is 0 Å². The van der Waals surface area contributed by atoms with Gasteiger partial charge in [-0.25, -0.2) is 12.8 Å². The van der Waals surface area contributed by atoms with Crippen molar-refractivity contribution in [1.82, 2.24) is 9.55 Å². The van der Waals surface area contributed by atoms with Gasteiger partial charge < -0.3 is 14.4 Å². The standard InChI is InChI=1S/C38H29ClFN3O4S/c1-42(48(45,46)30-20-16-28(39)17-21-30)35-31-13-8-22-41-34(31)37(47-36(26-9-4-2-5-10-26)27-11-6-3-7-12-27)33-32(35)24-43(38(33)44)23-25-14-18-29(40)19-15-25/h2-22,24,36,44H,23H2,1H3. The molecule has 0 saturated carbocycles. The number of fused-ring (bicyclic) bond motifs is 2. The molecule has 5 aromatic carbocycles. The van der Waals surface area contributed by atoms with Crippen LogP contribution in [0, 0.1) is 5.82 Å². The zero-order chi connectivity index (χ0) is 33.4. The maximum Gasteiger partial charge on any atom is 0.264 e. The number of hydrogen-bond donors (Lipinski definition) is 1. The van der Waals surface area contributed by atoms with Crippen LogP contribution in [0.5, 0.6) is 11.6 Å². The van der Waals surface area contributed by atoms with E-state index in [2.05, 4.69) is 0 Å². The van der Waals surface area contributed by atoms with Crippen LogP contribution >= 0.6 is 11.6 Å². The van der Waals surface area contributed by atoms with E-state index in [0.29, 0.717) is 27.0 Å². The largest absolute Gasteiger partial charge is 0.494 e. The SMILES string of the molecule is CN(c1c2cccnc2c(OC(c2ccccc2)c2ccccc2)c2c(O)n(Cc3ccc(F)cc3)cc12)S(=O)(=O)c1ccc(Cl)cc1. The number of halogens is 2. The number of sulfonamides is 1. The molecule has 0 fully saturated rings. The fraction of sp³-hybridized carbons (Fsp3) is 0.0789. The van der Waals surface area contributed by atoms with Gasteiger partial charge in [-0.15, -0.1) is 0 Å². The van der Waals surface area contributed by atoms with E-state index in [1.807, 2.05) is 60.7 Å². The van der Waals surface area contributed by atoms with Crippen LogP contribution in [0.1, 0.15) is 22.8 Å². The van der Waals surface area contributed by atoms with Crippen molar-refractivity contribution >= 4 is 49.0 Å². The summed E-state index contributed by atoms with van der Waals surface area (Å²) < 4.78 is 51.7. The molecule has 0 bridgehead atoms. The van der Waals surface area contributed by atoms with Gasteiger partial charge in [0.2, 0.25) is 5.88 Å². The second-order valence-electron chi connectivity index (χ2n) is 11.3. The second kappa shape index (κ2) is 12.7. The summed E-state index contributed by atoms with van der Waals surface area (Å²) in [5.74, 6) is -0.247. The Kier molecular flexibility index (Phi) is 8.24. The van der Waals surface area contributed by atoms with Gasteiger partial charge in [0.05, 0.1) is 22.5 Å². The van der Waals surface area contributed by atoms with E-state index in [0.717, 1.165) is 16.7 Å². The number of aromatic nitrogens is 2. The highest BCUT2D eigenvalue weighted by molar-refractivity contribution is 7.92. The fourth-order valence-electron chi connectivity index (χ4n) is 5.94. The second-order valence-corrected chi connectivity index (χ2v) is 13.7. The van der Waals surface area contributed by atoms with Crippen molar-refractivity contribution in [3.05, 3.63) is 161 Å². The van der Waals surface area contributed by atoms with Crippen molar-refractivity contribution in [2.24, 2.45) is 0 Å². The van der Waals surface area contributed by atoms with Crippen molar-refractivity contribution < 1.29 is 22.7 Å². The molecule has 0 atom stereocenters. The number of anilines is 1. The quantitative estimate of drug-likeness (QED) is 0.165. The number of nitrogens with zero attached hydrogens (tertiary/aromatic N) is 3. The minimum atomic E-state index is -4.11. The van der Waals surface area contributed by atoms with Crippen LogP contribution in [0.25, 0.3) is 21.7 Å². The van der Waals surface area contributed by atoms with Crippen molar-refractivity contribution in [3.8, 4) is 11.6 Å². The van der Waals surface area contributed by atoms with Crippen LogP contribution in [-0.2, 0) is 16.6 Å². The summed E-state index contributed by atoms with van der Waals surface area (Å²) in [5.41, 5.74) is 3.15. The number of benzene rings is 5. The monoisotopic (exact) mass is 677 g/mol. The molecular formula is C38H29ClFN3O4S. The topological polar surface area (TPSA) is 84.7 Å². The lowest BCUT2D eigenvalue weighted by Crippen LogP contribution is -2.27. The van der Waals surface area contributed by atoms with Crippen molar-refractivity contribution in [2.75, 3.05) is 11.4 Å². The van der Waals surface area contributed by atoms with Crippen molar-refractivity contribution in [1.29, 1.82) is 0 Å². The third-order valence-electron chi connectivity index (χ3n) is 8.30. The van der Waals surface area contributed by atoms with Crippen LogP contribution in [0.4, 0.5) is 10.1 Å². The minimum Gasteiger partial charge on any atom is -0.494 e. The molecule has 2 aromatic heterocycles. The van der Waals surface area contributed by atoms with E-state index in [-0.39, 0.29) is 34.3 Å². The summed E-state index contributed by atoms with van der Waals surface area (Å²) in [5, 5.41) is 13.6. The first-order valence-electron chi connectivity index (χ1n) is 15.1. The van der Waals surface area contributed by atoms with Gasteiger partial charge >= 0.3 is 0 Å². The summed E-state index contributed by atoms with van der Waals surface area (Å²) in [6.07, 6.45) is 2.70. The molecule has 240 valence electrons. The van der Waals surface area contributed by atoms with Gasteiger partial charge in [-0.2, -0.15) is 0 Å². The molecule has 10 heteroatoms. The van der Waals surface area contributed by atoms with Gasteiger partial charge in [0.25, 0.3) is 10.0 Å². The Bertz CT molecular complexity index is 2310. The molecule has 1 N–H and O–H groups in total. The number of hydrogen-bond acceptors (Lipinski definition) is 5. The van der Waals surface area contributed by atoms with Gasteiger partial charge in [-0.05, 0) is 65.2 Å². The number of rotatable bonds is 9. The molecule has 0 spiro atoms. The average Bonchev–Trinajstić information content (AvgIpc) is 3.43. The van der Waals surface area contributed by atoms with Gasteiger partial charge in [-0.1, -0.05) is 84.4 Å². The molecule has 7 rings (SSSR count). The average molecular weight is 678 g/mol. The van der Waals surface area contributed by atoms with E-state index >= 15 is 0 Å². The summed E-state index contributed by atoms with van der Waals surface area (Å²) in [6.45, 7) is 0.178. The predicted octanol–water partition coefficient (Wildman–Crippen LogP) is 8.73. The van der Waals surface area contributed by atoms with Crippen molar-refractivity contribution in [2.45, 2.75) is 17.5 Å². The molecular weight excluding hydrogens is 649 g/mol. The molecule has 7 aromatic rings. The summed E-state index contributed by atoms with van der Waals surface area (Å²) >= 11 is 6.08. The van der Waals surface area contributed by atoms with E-state index < -0.39 is 16.1 Å². The third-order valence-corrected chi connectivity index (χ3v) is 10.3. The Morgan fingerprint density at radius 3 is 2.10 bits per heavy atom. The zero-order valence-corrected chi connectivity index (χ0v) is 27.2. The lowest BCUT2D eigenvalue weighted by atomic mass is 10.0. The van der Waals surface area contributed by atoms with Crippen LogP contribution in [0.2, 0.25) is 5.02 Å². The molecule has 2 heterocycles. The minimum absolute atomic E-state index is 0.0445. The molecule has 0 radical (unpaired) electrons. The Hall–Kier alpha value is -5.38. The molecule has 0 aliphatic rings. The highest BCUT2D eigenvalue weighted by Crippen LogP contribution is 2.49. The molecule has 48 heavy (non-hydrogen) atoms. The Morgan fingerprint density at radius 2 is 1.48 bits per heavy atom. The van der Waals surface area contributed by atoms with Crippen LogP contribution < -0.4 is 9.04 Å². The van der Waals surface area contributed by atoms with Gasteiger partial charge in [0.15, 0.2) is 5.75 Å². The zero-order valence-electron chi connectivity index (χ0n) is 25.7. The van der Waals surface area contributed by atoms with E-state index in [1.54, 1.807) is 41.2 Å². The van der Waals surface area contributed by atoms with Gasteiger partial charge in [0, 0.05) is 35.2 Å². The smallest absolute Gasteiger partial charge is 0.264 e. The first-order chi connectivity index (χ1) is 23.2. The summed E-state index contributed by atoms with van der Waals surface area (Å²) in [4.78, 5) is 4.74. The first kappa shape index (κ1) is 31.2. The number of ether oxygens (including phenoxy) is 1. The van der Waals surface area contributed by atoms with E-state index in [1.165, 1.54) is 47.8 Å². The predicted molar refractivity (Wildman–Crippen MR) is 187 cm³/mol. The Balaban J connectivity index is 1.50. The molecule has 0 amide bonds. The molecule has 7 nitrogen and oxygen atoms in total. The molecule has 0 aliphatic heterocycles. The van der Waals surface area contributed by atoms with E-state index in [4.69, 9.17) is 21.3 Å². The fourth-order valence-corrected chi connectivity index (χ4v) is 7.30. The summed E-state index contributed by atoms with van der Waals surface area (Å²) in [7, 11) is -2.64. The van der Waals surface area contributed by atoms with Gasteiger partial charge in [-0.3, -0.25) is 9.29 Å². The highest BCUT2D eigenvalue weighted by atomic mass is 35.5. The van der Waals surface area contributed by atoms with Crippen LogP contribution in [-0.4, -0.2) is 30.1 Å².